The van der Waals surface area contributed by atoms with Gasteiger partial charge in [-0.2, -0.15) is 0 Å². The summed E-state index contributed by atoms with van der Waals surface area (Å²) in [4.78, 5) is 27.0. The van der Waals surface area contributed by atoms with E-state index in [1.165, 1.54) is 18.3 Å². The molecule has 0 unspecified atom stereocenters. The highest BCUT2D eigenvalue weighted by Crippen LogP contribution is 2.13. The Morgan fingerprint density at radius 1 is 1.14 bits per heavy atom. The van der Waals surface area contributed by atoms with E-state index in [0.29, 0.717) is 0 Å². The fourth-order valence-electron chi connectivity index (χ4n) is 1.85. The monoisotopic (exact) mass is 286 g/mol. The number of carbonyl (C=O) groups is 2. The minimum atomic E-state index is -1.15. The second-order valence-corrected chi connectivity index (χ2v) is 4.43. The largest absolute Gasteiger partial charge is 0.505 e. The average molecular weight is 286 g/mol. The van der Waals surface area contributed by atoms with Gasteiger partial charge in [0.2, 0.25) is 0 Å². The lowest BCUT2D eigenvalue weighted by Crippen LogP contribution is -2.42. The summed E-state index contributed by atoms with van der Waals surface area (Å²) in [5, 5.41) is 21.1. The Bertz CT molecular complexity index is 643. The minimum Gasteiger partial charge on any atom is -0.505 e. The van der Waals surface area contributed by atoms with Crippen LogP contribution in [0.5, 0.6) is 5.75 Å². The Balaban J connectivity index is 2.12. The van der Waals surface area contributed by atoms with Crippen molar-refractivity contribution < 1.29 is 19.8 Å². The van der Waals surface area contributed by atoms with Gasteiger partial charge in [-0.05, 0) is 17.7 Å². The molecule has 3 N–H and O–H groups in total. The number of hydrogen-bond acceptors (Lipinski definition) is 4. The normalized spacial score (nSPS) is 11.6. The molecule has 2 aromatic rings. The summed E-state index contributed by atoms with van der Waals surface area (Å²) in [7, 11) is 0. The van der Waals surface area contributed by atoms with E-state index in [1.807, 2.05) is 6.07 Å². The summed E-state index contributed by atoms with van der Waals surface area (Å²) in [5.41, 5.74) is 0.590. The van der Waals surface area contributed by atoms with Crippen molar-refractivity contribution in [3.8, 4) is 5.75 Å². The third-order valence-electron chi connectivity index (χ3n) is 2.89. The van der Waals surface area contributed by atoms with Gasteiger partial charge in [0.05, 0.1) is 0 Å². The van der Waals surface area contributed by atoms with Crippen molar-refractivity contribution in [2.24, 2.45) is 0 Å². The number of aromatic nitrogens is 1. The van der Waals surface area contributed by atoms with Crippen molar-refractivity contribution in [3.63, 3.8) is 0 Å². The van der Waals surface area contributed by atoms with Gasteiger partial charge in [-0.15, -0.1) is 0 Å². The SMILES string of the molecule is O=C(N[C@H](Cc1ccccc1)C(=O)O)c1ncccc1O. The van der Waals surface area contributed by atoms with Crippen LogP contribution in [0.3, 0.4) is 0 Å². The molecule has 0 bridgehead atoms. The van der Waals surface area contributed by atoms with Crippen molar-refractivity contribution in [1.82, 2.24) is 10.3 Å². The van der Waals surface area contributed by atoms with Crippen LogP contribution in [0.25, 0.3) is 0 Å². The fraction of sp³-hybridized carbons (Fsp3) is 0.133. The fourth-order valence-corrected chi connectivity index (χ4v) is 1.85. The predicted molar refractivity (Wildman–Crippen MR) is 74.9 cm³/mol. The van der Waals surface area contributed by atoms with Crippen LogP contribution in [-0.4, -0.2) is 33.1 Å². The lowest BCUT2D eigenvalue weighted by Gasteiger charge is -2.14. The standard InChI is InChI=1S/C15H14N2O4/c18-12-7-4-8-16-13(12)14(19)17-11(15(20)21)9-10-5-2-1-3-6-10/h1-8,11,18H,9H2,(H,17,19)(H,20,21)/t11-/m1/s1. The quantitative estimate of drug-likeness (QED) is 0.767. The van der Waals surface area contributed by atoms with Crippen LogP contribution in [-0.2, 0) is 11.2 Å². The molecular weight excluding hydrogens is 272 g/mol. The highest BCUT2D eigenvalue weighted by molar-refractivity contribution is 5.97. The summed E-state index contributed by atoms with van der Waals surface area (Å²) in [5.74, 6) is -2.17. The highest BCUT2D eigenvalue weighted by Gasteiger charge is 2.23. The van der Waals surface area contributed by atoms with Gasteiger partial charge >= 0.3 is 5.97 Å². The predicted octanol–water partition coefficient (Wildman–Crippen LogP) is 1.21. The number of benzene rings is 1. The van der Waals surface area contributed by atoms with Crippen LogP contribution in [0.2, 0.25) is 0 Å². The molecule has 6 heteroatoms. The number of carbonyl (C=O) groups excluding carboxylic acids is 1. The summed E-state index contributed by atoms with van der Waals surface area (Å²) in [6.45, 7) is 0. The van der Waals surface area contributed by atoms with E-state index in [1.54, 1.807) is 24.3 Å². The first-order chi connectivity index (χ1) is 10.1. The van der Waals surface area contributed by atoms with Crippen LogP contribution < -0.4 is 5.32 Å². The zero-order chi connectivity index (χ0) is 15.2. The third kappa shape index (κ3) is 3.79. The molecule has 0 aliphatic rings. The molecular formula is C15H14N2O4. The van der Waals surface area contributed by atoms with E-state index in [4.69, 9.17) is 0 Å². The third-order valence-corrected chi connectivity index (χ3v) is 2.89. The van der Waals surface area contributed by atoms with Crippen LogP contribution >= 0.6 is 0 Å². The first-order valence-corrected chi connectivity index (χ1v) is 6.29. The number of carboxylic acid groups (broad SMARTS) is 1. The maximum atomic E-state index is 12.0. The molecule has 1 aromatic heterocycles. The van der Waals surface area contributed by atoms with Gasteiger partial charge in [-0.25, -0.2) is 9.78 Å². The molecule has 0 saturated carbocycles. The van der Waals surface area contributed by atoms with Crippen LogP contribution in [0.15, 0.2) is 48.7 Å². The number of aromatic hydroxyl groups is 1. The molecule has 108 valence electrons. The van der Waals surface area contributed by atoms with Gasteiger partial charge < -0.3 is 15.5 Å². The molecule has 0 saturated heterocycles. The molecule has 0 aliphatic heterocycles. The number of hydrogen-bond donors (Lipinski definition) is 3. The van der Waals surface area contributed by atoms with Gasteiger partial charge in [0.25, 0.3) is 5.91 Å². The van der Waals surface area contributed by atoms with Crippen molar-refractivity contribution >= 4 is 11.9 Å². The molecule has 6 nitrogen and oxygen atoms in total. The summed E-state index contributed by atoms with van der Waals surface area (Å²) in [6, 6.07) is 10.7. The van der Waals surface area contributed by atoms with E-state index in [2.05, 4.69) is 10.3 Å². The number of rotatable bonds is 5. The van der Waals surface area contributed by atoms with Crippen molar-refractivity contribution in [1.29, 1.82) is 0 Å². The van der Waals surface area contributed by atoms with Crippen LogP contribution in [0, 0.1) is 0 Å². The van der Waals surface area contributed by atoms with Crippen molar-refractivity contribution in [2.45, 2.75) is 12.5 Å². The van der Waals surface area contributed by atoms with E-state index >= 15 is 0 Å². The summed E-state index contributed by atoms with van der Waals surface area (Å²) in [6.07, 6.45) is 1.50. The first kappa shape index (κ1) is 14.5. The molecule has 2 rings (SSSR count). The van der Waals surface area contributed by atoms with Gasteiger partial charge in [-0.3, -0.25) is 4.79 Å². The highest BCUT2D eigenvalue weighted by atomic mass is 16.4. The zero-order valence-electron chi connectivity index (χ0n) is 11.1. The lowest BCUT2D eigenvalue weighted by molar-refractivity contribution is -0.139. The number of aliphatic carboxylic acids is 1. The number of carboxylic acids is 1. The molecule has 0 aliphatic carbocycles. The number of nitrogens with zero attached hydrogens (tertiary/aromatic N) is 1. The second kappa shape index (κ2) is 6.51. The Kier molecular flexibility index (Phi) is 4.50. The second-order valence-electron chi connectivity index (χ2n) is 4.43. The van der Waals surface area contributed by atoms with E-state index in [9.17, 15) is 19.8 Å². The van der Waals surface area contributed by atoms with Gasteiger partial charge in [0.1, 0.15) is 11.8 Å². The van der Waals surface area contributed by atoms with Gasteiger partial charge in [-0.1, -0.05) is 30.3 Å². The first-order valence-electron chi connectivity index (χ1n) is 6.29. The molecule has 0 radical (unpaired) electrons. The topological polar surface area (TPSA) is 99.5 Å². The maximum Gasteiger partial charge on any atom is 0.326 e. The molecule has 1 atom stereocenters. The molecule has 21 heavy (non-hydrogen) atoms. The van der Waals surface area contributed by atoms with Crippen molar-refractivity contribution in [2.75, 3.05) is 0 Å². The van der Waals surface area contributed by atoms with E-state index in [0.717, 1.165) is 5.56 Å². The van der Waals surface area contributed by atoms with Gasteiger partial charge in [0, 0.05) is 12.6 Å². The van der Waals surface area contributed by atoms with Crippen molar-refractivity contribution in [3.05, 3.63) is 59.9 Å². The minimum absolute atomic E-state index is 0.148. The van der Waals surface area contributed by atoms with Crippen LogP contribution in [0.1, 0.15) is 16.1 Å². The number of nitrogens with one attached hydrogen (secondary N) is 1. The lowest BCUT2D eigenvalue weighted by atomic mass is 10.1. The Morgan fingerprint density at radius 2 is 1.86 bits per heavy atom. The number of amides is 1. The Hall–Kier alpha value is -2.89. The Morgan fingerprint density at radius 3 is 2.48 bits per heavy atom. The molecule has 0 spiro atoms. The maximum absolute atomic E-state index is 12.0. The summed E-state index contributed by atoms with van der Waals surface area (Å²) < 4.78 is 0. The average Bonchev–Trinajstić information content (AvgIpc) is 2.48. The molecule has 1 heterocycles. The molecule has 1 amide bonds. The van der Waals surface area contributed by atoms with Crippen LogP contribution in [0.4, 0.5) is 0 Å². The van der Waals surface area contributed by atoms with E-state index in [-0.39, 0.29) is 17.9 Å². The Labute approximate surface area is 121 Å². The number of pyridine rings is 1. The van der Waals surface area contributed by atoms with E-state index < -0.39 is 17.9 Å². The summed E-state index contributed by atoms with van der Waals surface area (Å²) >= 11 is 0. The van der Waals surface area contributed by atoms with Gasteiger partial charge in [0.15, 0.2) is 5.69 Å². The molecule has 0 fully saturated rings. The zero-order valence-corrected chi connectivity index (χ0v) is 11.1. The smallest absolute Gasteiger partial charge is 0.326 e. The molecule has 1 aromatic carbocycles.